The number of ether oxygens (including phenoxy) is 1. The maximum Gasteiger partial charge on any atom is 0.125 e. The first-order chi connectivity index (χ1) is 12.6. The normalized spacial score (nSPS) is 19.1. The Morgan fingerprint density at radius 1 is 0.808 bits per heavy atom. The van der Waals surface area contributed by atoms with Crippen molar-refractivity contribution < 1.29 is 18.6 Å². The Morgan fingerprint density at radius 3 is 1.92 bits per heavy atom. The number of benzene rings is 3. The third kappa shape index (κ3) is 3.08. The summed E-state index contributed by atoms with van der Waals surface area (Å²) >= 11 is 0. The second-order valence-electron chi connectivity index (χ2n) is 6.54. The van der Waals surface area contributed by atoms with Crippen LogP contribution in [-0.2, 0) is 0 Å². The third-order valence-electron chi connectivity index (χ3n) is 4.96. The van der Waals surface area contributed by atoms with Gasteiger partial charge in [0.25, 0.3) is 0 Å². The molecule has 0 bridgehead atoms. The van der Waals surface area contributed by atoms with E-state index in [4.69, 9.17) is 4.74 Å². The summed E-state index contributed by atoms with van der Waals surface area (Å²) in [5.41, 5.74) is 2.44. The maximum atomic E-state index is 13.4. The molecule has 0 saturated heterocycles. The number of rotatable bonds is 3. The topological polar surface area (TPSA) is 29.5 Å². The van der Waals surface area contributed by atoms with E-state index in [1.165, 1.54) is 24.3 Å². The minimum Gasteiger partial charge on any atom is -0.493 e. The number of aliphatic hydroxyl groups excluding tert-OH is 1. The zero-order chi connectivity index (χ0) is 18.1. The predicted octanol–water partition coefficient (Wildman–Crippen LogP) is 4.84. The van der Waals surface area contributed by atoms with Gasteiger partial charge in [-0.05, 0) is 41.5 Å². The van der Waals surface area contributed by atoms with Gasteiger partial charge >= 0.3 is 0 Å². The highest BCUT2D eigenvalue weighted by molar-refractivity contribution is 5.41. The summed E-state index contributed by atoms with van der Waals surface area (Å²) in [5, 5.41) is 11.0. The van der Waals surface area contributed by atoms with Crippen LogP contribution in [0.1, 0.15) is 28.7 Å². The zero-order valence-electron chi connectivity index (χ0n) is 14.0. The number of hydrogen-bond donors (Lipinski definition) is 1. The molecular formula is C22H18F2O2. The van der Waals surface area contributed by atoms with Crippen LogP contribution < -0.4 is 4.74 Å². The second-order valence-corrected chi connectivity index (χ2v) is 6.54. The van der Waals surface area contributed by atoms with Crippen LogP contribution >= 0.6 is 0 Å². The molecule has 132 valence electrons. The molecule has 0 aromatic heterocycles. The number of aliphatic hydroxyl groups is 1. The van der Waals surface area contributed by atoms with Crippen molar-refractivity contribution in [2.75, 3.05) is 6.61 Å². The van der Waals surface area contributed by atoms with Crippen LogP contribution in [0.25, 0.3) is 0 Å². The average Bonchev–Trinajstić information content (AvgIpc) is 2.67. The molecule has 4 heteroatoms. The molecule has 1 N–H and O–H groups in total. The molecule has 3 aromatic carbocycles. The summed E-state index contributed by atoms with van der Waals surface area (Å²) in [7, 11) is 0. The van der Waals surface area contributed by atoms with Crippen LogP contribution in [-0.4, -0.2) is 11.7 Å². The summed E-state index contributed by atoms with van der Waals surface area (Å²) in [4.78, 5) is 0. The lowest BCUT2D eigenvalue weighted by Gasteiger charge is -2.36. The minimum atomic E-state index is -0.736. The molecule has 0 saturated carbocycles. The lowest BCUT2D eigenvalue weighted by atomic mass is 9.75. The van der Waals surface area contributed by atoms with E-state index in [2.05, 4.69) is 0 Å². The Morgan fingerprint density at radius 2 is 1.35 bits per heavy atom. The highest BCUT2D eigenvalue weighted by Crippen LogP contribution is 2.44. The highest BCUT2D eigenvalue weighted by Gasteiger charge is 2.36. The van der Waals surface area contributed by atoms with E-state index in [0.717, 1.165) is 16.7 Å². The predicted molar refractivity (Wildman–Crippen MR) is 95.0 cm³/mol. The van der Waals surface area contributed by atoms with Crippen molar-refractivity contribution in [2.24, 2.45) is 5.92 Å². The lowest BCUT2D eigenvalue weighted by molar-refractivity contribution is 0.0419. The fourth-order valence-electron chi connectivity index (χ4n) is 3.67. The lowest BCUT2D eigenvalue weighted by Crippen LogP contribution is -2.31. The average molecular weight is 352 g/mol. The van der Waals surface area contributed by atoms with Gasteiger partial charge in [-0.3, -0.25) is 0 Å². The van der Waals surface area contributed by atoms with E-state index in [9.17, 15) is 13.9 Å². The summed E-state index contributed by atoms with van der Waals surface area (Å²) in [5.74, 6) is -0.497. The van der Waals surface area contributed by atoms with Gasteiger partial charge < -0.3 is 9.84 Å². The van der Waals surface area contributed by atoms with E-state index < -0.39 is 6.10 Å². The molecule has 1 aliphatic rings. The molecule has 0 amide bonds. The Labute approximate surface area is 150 Å². The van der Waals surface area contributed by atoms with E-state index in [-0.39, 0.29) is 23.5 Å². The Hall–Kier alpha value is -2.72. The molecule has 3 aromatic rings. The molecule has 0 radical (unpaired) electrons. The fourth-order valence-corrected chi connectivity index (χ4v) is 3.67. The van der Waals surface area contributed by atoms with E-state index in [1.54, 1.807) is 24.3 Å². The monoisotopic (exact) mass is 352 g/mol. The smallest absolute Gasteiger partial charge is 0.125 e. The van der Waals surface area contributed by atoms with Gasteiger partial charge in [0, 0.05) is 17.4 Å². The van der Waals surface area contributed by atoms with Crippen LogP contribution in [0.2, 0.25) is 0 Å². The van der Waals surface area contributed by atoms with Crippen LogP contribution in [0.15, 0.2) is 72.8 Å². The van der Waals surface area contributed by atoms with Crippen molar-refractivity contribution in [1.82, 2.24) is 0 Å². The van der Waals surface area contributed by atoms with Crippen LogP contribution in [0.3, 0.4) is 0 Å². The Bertz CT molecular complexity index is 845. The largest absolute Gasteiger partial charge is 0.493 e. The Balaban J connectivity index is 1.78. The molecule has 2 atom stereocenters. The van der Waals surface area contributed by atoms with Gasteiger partial charge in [-0.15, -0.1) is 0 Å². The van der Waals surface area contributed by atoms with E-state index in [1.807, 2.05) is 24.3 Å². The molecule has 0 spiro atoms. The molecule has 2 nitrogen and oxygen atoms in total. The molecule has 1 heterocycles. The summed E-state index contributed by atoms with van der Waals surface area (Å²) in [6, 6.07) is 19.8. The van der Waals surface area contributed by atoms with Crippen LogP contribution in [0.4, 0.5) is 8.78 Å². The molecule has 26 heavy (non-hydrogen) atoms. The molecule has 4 rings (SSSR count). The van der Waals surface area contributed by atoms with Crippen LogP contribution in [0, 0.1) is 17.6 Å². The second kappa shape index (κ2) is 6.89. The highest BCUT2D eigenvalue weighted by atomic mass is 19.1. The summed E-state index contributed by atoms with van der Waals surface area (Å²) in [6.07, 6.45) is -0.736. The quantitative estimate of drug-likeness (QED) is 0.731. The number of fused-ring (bicyclic) bond motifs is 1. The minimum absolute atomic E-state index is 0.250. The van der Waals surface area contributed by atoms with Crippen molar-refractivity contribution in [3.8, 4) is 5.75 Å². The van der Waals surface area contributed by atoms with Gasteiger partial charge in [0.05, 0.1) is 12.7 Å². The number of hydrogen-bond acceptors (Lipinski definition) is 2. The van der Waals surface area contributed by atoms with Gasteiger partial charge in [0.1, 0.15) is 17.4 Å². The van der Waals surface area contributed by atoms with Crippen molar-refractivity contribution in [3.63, 3.8) is 0 Å². The first-order valence-corrected chi connectivity index (χ1v) is 8.54. The maximum absolute atomic E-state index is 13.4. The van der Waals surface area contributed by atoms with Gasteiger partial charge in [-0.1, -0.05) is 42.5 Å². The van der Waals surface area contributed by atoms with Crippen molar-refractivity contribution >= 4 is 0 Å². The number of halogens is 2. The van der Waals surface area contributed by atoms with Crippen molar-refractivity contribution in [2.45, 2.75) is 12.0 Å². The molecular weight excluding hydrogens is 334 g/mol. The van der Waals surface area contributed by atoms with Gasteiger partial charge in [-0.2, -0.15) is 0 Å². The molecule has 0 aliphatic carbocycles. The SMILES string of the molecule is OC1c2ccccc2OCC1C(c1ccc(F)cc1)c1ccc(F)cc1. The summed E-state index contributed by atoms with van der Waals surface area (Å²) < 4.78 is 32.7. The van der Waals surface area contributed by atoms with Crippen molar-refractivity contribution in [3.05, 3.63) is 101 Å². The first-order valence-electron chi connectivity index (χ1n) is 8.54. The van der Waals surface area contributed by atoms with E-state index >= 15 is 0 Å². The molecule has 1 aliphatic heterocycles. The molecule has 2 unspecified atom stereocenters. The summed E-state index contributed by atoms with van der Waals surface area (Å²) in [6.45, 7) is 0.317. The van der Waals surface area contributed by atoms with Gasteiger partial charge in [-0.25, -0.2) is 8.78 Å². The number of para-hydroxylation sites is 1. The van der Waals surface area contributed by atoms with Gasteiger partial charge in [0.15, 0.2) is 0 Å². The van der Waals surface area contributed by atoms with Crippen LogP contribution in [0.5, 0.6) is 5.75 Å². The van der Waals surface area contributed by atoms with Gasteiger partial charge in [0.2, 0.25) is 0 Å². The first kappa shape index (κ1) is 16.7. The van der Waals surface area contributed by atoms with E-state index in [0.29, 0.717) is 12.4 Å². The van der Waals surface area contributed by atoms with Crippen molar-refractivity contribution in [1.29, 1.82) is 0 Å². The zero-order valence-corrected chi connectivity index (χ0v) is 14.0. The Kier molecular flexibility index (Phi) is 4.43. The third-order valence-corrected chi connectivity index (χ3v) is 4.96. The standard InChI is InChI=1S/C22H18F2O2/c23-16-9-5-14(6-10-16)21(15-7-11-17(24)12-8-15)19-13-26-20-4-2-1-3-18(20)22(19)25/h1-12,19,21-22,25H,13H2. The molecule has 0 fully saturated rings. The fraction of sp³-hybridized carbons (Fsp3) is 0.182.